The monoisotopic (exact) mass is 219 g/mol. The van der Waals surface area contributed by atoms with Crippen LogP contribution in [0.15, 0.2) is 24.3 Å². The van der Waals surface area contributed by atoms with Crippen molar-refractivity contribution >= 4 is 0 Å². The van der Waals surface area contributed by atoms with Crippen molar-refractivity contribution in [2.75, 3.05) is 13.2 Å². The van der Waals surface area contributed by atoms with Crippen LogP contribution in [0.1, 0.15) is 43.9 Å². The van der Waals surface area contributed by atoms with Gasteiger partial charge in [0.15, 0.2) is 0 Å². The molecule has 2 heteroatoms. The molecule has 1 aliphatic heterocycles. The Kier molecular flexibility index (Phi) is 3.62. The van der Waals surface area contributed by atoms with Gasteiger partial charge in [-0.15, -0.1) is 0 Å². The predicted octanol–water partition coefficient (Wildman–Crippen LogP) is 2.86. The molecule has 1 N–H and O–H groups in total. The number of rotatable bonds is 2. The second kappa shape index (κ2) is 4.98. The van der Waals surface area contributed by atoms with Crippen molar-refractivity contribution in [3.05, 3.63) is 35.4 Å². The molecule has 0 aromatic heterocycles. The molecular weight excluding hydrogens is 198 g/mol. The number of morpholine rings is 1. The summed E-state index contributed by atoms with van der Waals surface area (Å²) in [7, 11) is 0. The summed E-state index contributed by atoms with van der Waals surface area (Å²) in [5.41, 5.74) is 2.73. The van der Waals surface area contributed by atoms with Crippen LogP contribution in [0.25, 0.3) is 0 Å². The van der Waals surface area contributed by atoms with Gasteiger partial charge in [-0.3, -0.25) is 0 Å². The summed E-state index contributed by atoms with van der Waals surface area (Å²) in [6.07, 6.45) is 0.263. The van der Waals surface area contributed by atoms with Crippen molar-refractivity contribution in [3.8, 4) is 0 Å². The van der Waals surface area contributed by atoms with Gasteiger partial charge in [-0.25, -0.2) is 0 Å². The topological polar surface area (TPSA) is 21.3 Å². The molecule has 0 amide bonds. The van der Waals surface area contributed by atoms with Crippen LogP contribution in [0.2, 0.25) is 0 Å². The maximum Gasteiger partial charge on any atom is 0.0742 e. The Bertz CT molecular complexity index is 331. The van der Waals surface area contributed by atoms with Gasteiger partial charge in [0.05, 0.1) is 18.8 Å². The number of ether oxygens (including phenoxy) is 1. The standard InChI is InChI=1S/C14H21NO/c1-10(2)12-4-6-13(7-5-12)14-11(3)16-9-8-15-14/h4-7,10-11,14-15H,8-9H2,1-3H3. The highest BCUT2D eigenvalue weighted by molar-refractivity contribution is 5.27. The number of hydrogen-bond donors (Lipinski definition) is 1. The Balaban J connectivity index is 2.14. The van der Waals surface area contributed by atoms with E-state index in [-0.39, 0.29) is 6.10 Å². The van der Waals surface area contributed by atoms with Gasteiger partial charge in [-0.05, 0) is 24.0 Å². The van der Waals surface area contributed by atoms with Gasteiger partial charge in [-0.1, -0.05) is 38.1 Å². The average molecular weight is 219 g/mol. The van der Waals surface area contributed by atoms with Crippen molar-refractivity contribution < 1.29 is 4.74 Å². The Labute approximate surface area is 98.0 Å². The molecule has 16 heavy (non-hydrogen) atoms. The lowest BCUT2D eigenvalue weighted by Crippen LogP contribution is -2.40. The molecule has 0 spiro atoms. The van der Waals surface area contributed by atoms with Gasteiger partial charge < -0.3 is 10.1 Å². The van der Waals surface area contributed by atoms with Crippen LogP contribution in [0, 0.1) is 0 Å². The van der Waals surface area contributed by atoms with Crippen LogP contribution < -0.4 is 5.32 Å². The largest absolute Gasteiger partial charge is 0.375 e. The Hall–Kier alpha value is -0.860. The van der Waals surface area contributed by atoms with Crippen LogP contribution in [0.3, 0.4) is 0 Å². The van der Waals surface area contributed by atoms with Crippen LogP contribution in [-0.4, -0.2) is 19.3 Å². The number of hydrogen-bond acceptors (Lipinski definition) is 2. The molecule has 0 radical (unpaired) electrons. The lowest BCUT2D eigenvalue weighted by molar-refractivity contribution is 0.00756. The van der Waals surface area contributed by atoms with Gasteiger partial charge in [0, 0.05) is 6.54 Å². The van der Waals surface area contributed by atoms with E-state index in [0.29, 0.717) is 12.0 Å². The van der Waals surface area contributed by atoms with Crippen LogP contribution in [0.5, 0.6) is 0 Å². The summed E-state index contributed by atoms with van der Waals surface area (Å²) in [5.74, 6) is 0.599. The Morgan fingerprint density at radius 3 is 2.50 bits per heavy atom. The highest BCUT2D eigenvalue weighted by atomic mass is 16.5. The molecule has 2 nitrogen and oxygen atoms in total. The van der Waals surface area contributed by atoms with Crippen molar-refractivity contribution in [1.82, 2.24) is 5.32 Å². The maximum atomic E-state index is 5.66. The lowest BCUT2D eigenvalue weighted by Gasteiger charge is -2.30. The van der Waals surface area contributed by atoms with Crippen molar-refractivity contribution in [1.29, 1.82) is 0 Å². The minimum absolute atomic E-state index is 0.263. The fourth-order valence-corrected chi connectivity index (χ4v) is 2.20. The third-order valence-electron chi connectivity index (χ3n) is 3.28. The maximum absolute atomic E-state index is 5.66. The first-order valence-corrected chi connectivity index (χ1v) is 6.13. The third-order valence-corrected chi connectivity index (χ3v) is 3.28. The minimum atomic E-state index is 0.263. The SMILES string of the molecule is CC(C)c1ccc(C2NCCOC2C)cc1. The second-order valence-electron chi connectivity index (χ2n) is 4.83. The van der Waals surface area contributed by atoms with Crippen molar-refractivity contribution in [2.24, 2.45) is 0 Å². The zero-order chi connectivity index (χ0) is 11.5. The van der Waals surface area contributed by atoms with E-state index >= 15 is 0 Å². The first kappa shape index (κ1) is 11.6. The molecule has 1 aliphatic rings. The first-order valence-electron chi connectivity index (χ1n) is 6.13. The average Bonchev–Trinajstić information content (AvgIpc) is 2.30. The summed E-state index contributed by atoms with van der Waals surface area (Å²) in [6.45, 7) is 8.34. The predicted molar refractivity (Wildman–Crippen MR) is 66.7 cm³/mol. The molecule has 0 aliphatic carbocycles. The third kappa shape index (κ3) is 2.45. The summed E-state index contributed by atoms with van der Waals surface area (Å²) in [5, 5.41) is 3.51. The zero-order valence-electron chi connectivity index (χ0n) is 10.4. The Morgan fingerprint density at radius 1 is 1.25 bits per heavy atom. The van der Waals surface area contributed by atoms with Gasteiger partial charge in [0.1, 0.15) is 0 Å². The minimum Gasteiger partial charge on any atom is -0.375 e. The summed E-state index contributed by atoms with van der Waals surface area (Å²) >= 11 is 0. The lowest BCUT2D eigenvalue weighted by atomic mass is 9.96. The number of benzene rings is 1. The molecule has 1 heterocycles. The summed E-state index contributed by atoms with van der Waals surface area (Å²) in [4.78, 5) is 0. The normalized spacial score (nSPS) is 26.0. The van der Waals surface area contributed by atoms with Gasteiger partial charge >= 0.3 is 0 Å². The van der Waals surface area contributed by atoms with Crippen molar-refractivity contribution in [3.63, 3.8) is 0 Å². The molecule has 2 atom stereocenters. The van der Waals surface area contributed by atoms with E-state index in [1.807, 2.05) is 0 Å². The Morgan fingerprint density at radius 2 is 1.94 bits per heavy atom. The van der Waals surface area contributed by atoms with E-state index in [0.717, 1.165) is 13.2 Å². The zero-order valence-corrected chi connectivity index (χ0v) is 10.4. The molecule has 1 saturated heterocycles. The smallest absolute Gasteiger partial charge is 0.0742 e. The molecule has 1 aromatic carbocycles. The van der Waals surface area contributed by atoms with Crippen LogP contribution in [-0.2, 0) is 4.74 Å². The molecule has 1 fully saturated rings. The molecule has 1 aromatic rings. The van der Waals surface area contributed by atoms with E-state index in [1.54, 1.807) is 0 Å². The van der Waals surface area contributed by atoms with Gasteiger partial charge in [0.25, 0.3) is 0 Å². The molecule has 2 rings (SSSR count). The van der Waals surface area contributed by atoms with Gasteiger partial charge in [-0.2, -0.15) is 0 Å². The van der Waals surface area contributed by atoms with E-state index in [1.165, 1.54) is 11.1 Å². The van der Waals surface area contributed by atoms with Crippen molar-refractivity contribution in [2.45, 2.75) is 38.8 Å². The summed E-state index contributed by atoms with van der Waals surface area (Å²) in [6, 6.07) is 9.23. The molecule has 88 valence electrons. The highest BCUT2D eigenvalue weighted by Gasteiger charge is 2.22. The molecular formula is C14H21NO. The van der Waals surface area contributed by atoms with Crippen LogP contribution in [0.4, 0.5) is 0 Å². The number of nitrogens with one attached hydrogen (secondary N) is 1. The van der Waals surface area contributed by atoms with E-state index in [4.69, 9.17) is 4.74 Å². The fraction of sp³-hybridized carbons (Fsp3) is 0.571. The fourth-order valence-electron chi connectivity index (χ4n) is 2.20. The molecule has 0 saturated carbocycles. The summed E-state index contributed by atoms with van der Waals surface area (Å²) < 4.78 is 5.66. The van der Waals surface area contributed by atoms with E-state index in [2.05, 4.69) is 50.4 Å². The molecule has 0 bridgehead atoms. The van der Waals surface area contributed by atoms with Crippen LogP contribution >= 0.6 is 0 Å². The van der Waals surface area contributed by atoms with E-state index in [9.17, 15) is 0 Å². The highest BCUT2D eigenvalue weighted by Crippen LogP contribution is 2.23. The first-order chi connectivity index (χ1) is 7.68. The quantitative estimate of drug-likeness (QED) is 0.826. The second-order valence-corrected chi connectivity index (χ2v) is 4.83. The molecule has 2 unspecified atom stereocenters. The van der Waals surface area contributed by atoms with E-state index < -0.39 is 0 Å². The van der Waals surface area contributed by atoms with Gasteiger partial charge in [0.2, 0.25) is 0 Å².